The molecule has 1 amide bonds. The predicted octanol–water partition coefficient (Wildman–Crippen LogP) is 4.79. The van der Waals surface area contributed by atoms with Crippen LogP contribution in [0.5, 0.6) is 0 Å². The molecule has 0 saturated carbocycles. The Morgan fingerprint density at radius 1 is 1.04 bits per heavy atom. The van der Waals surface area contributed by atoms with Crippen LogP contribution in [0.2, 0.25) is 0 Å². The van der Waals surface area contributed by atoms with Gasteiger partial charge in [-0.2, -0.15) is 5.10 Å². The lowest BCUT2D eigenvalue weighted by Crippen LogP contribution is -2.17. The molecule has 1 heterocycles. The molecule has 4 heteroatoms. The number of nitrogens with zero attached hydrogens (tertiary/aromatic N) is 2. The van der Waals surface area contributed by atoms with E-state index in [9.17, 15) is 4.79 Å². The molecule has 0 spiro atoms. The Kier molecular flexibility index (Phi) is 4.94. The van der Waals surface area contributed by atoms with Gasteiger partial charge in [0.2, 0.25) is 0 Å². The molecule has 1 aromatic heterocycles. The Labute approximate surface area is 154 Å². The molecule has 0 bridgehead atoms. The number of aryl methyl sites for hydroxylation is 1. The summed E-state index contributed by atoms with van der Waals surface area (Å²) in [5.74, 6) is 0.602. The number of aromatic nitrogens is 2. The standard InChI is InChI=1S/C22H25N3O/c1-16-10-8-9-13-18(16)21(26)23-20-14-19(22(2,3)4)24-25(20)15-17-11-6-5-7-12-17/h5-14H,15H2,1-4H3,(H,23,26). The van der Waals surface area contributed by atoms with Gasteiger partial charge >= 0.3 is 0 Å². The second kappa shape index (κ2) is 7.16. The summed E-state index contributed by atoms with van der Waals surface area (Å²) in [6, 6.07) is 19.7. The average Bonchev–Trinajstić information content (AvgIpc) is 2.99. The highest BCUT2D eigenvalue weighted by Crippen LogP contribution is 2.25. The molecule has 0 radical (unpaired) electrons. The number of hydrogen-bond donors (Lipinski definition) is 1. The van der Waals surface area contributed by atoms with Crippen molar-refractivity contribution in [3.05, 3.63) is 83.0 Å². The third kappa shape index (κ3) is 4.02. The quantitative estimate of drug-likeness (QED) is 0.737. The third-order valence-corrected chi connectivity index (χ3v) is 4.35. The molecule has 0 unspecified atom stereocenters. The molecule has 3 rings (SSSR count). The van der Waals surface area contributed by atoms with Gasteiger partial charge in [0.1, 0.15) is 5.82 Å². The fraction of sp³-hybridized carbons (Fsp3) is 0.273. The van der Waals surface area contributed by atoms with E-state index in [-0.39, 0.29) is 11.3 Å². The number of benzene rings is 2. The van der Waals surface area contributed by atoms with Crippen LogP contribution < -0.4 is 5.32 Å². The molecule has 2 aromatic carbocycles. The number of rotatable bonds is 4. The molecule has 0 aliphatic heterocycles. The van der Waals surface area contributed by atoms with E-state index >= 15 is 0 Å². The smallest absolute Gasteiger partial charge is 0.257 e. The topological polar surface area (TPSA) is 46.9 Å². The van der Waals surface area contributed by atoms with Gasteiger partial charge in [0.15, 0.2) is 0 Å². The van der Waals surface area contributed by atoms with E-state index < -0.39 is 0 Å². The monoisotopic (exact) mass is 347 g/mol. The van der Waals surface area contributed by atoms with Crippen LogP contribution in [0.25, 0.3) is 0 Å². The van der Waals surface area contributed by atoms with Crippen molar-refractivity contribution in [2.45, 2.75) is 39.7 Å². The Balaban J connectivity index is 1.93. The first-order valence-electron chi connectivity index (χ1n) is 8.84. The lowest BCUT2D eigenvalue weighted by Gasteiger charge is -2.14. The molecule has 0 fully saturated rings. The van der Waals surface area contributed by atoms with Gasteiger partial charge in [-0.05, 0) is 24.1 Å². The highest BCUT2D eigenvalue weighted by molar-refractivity contribution is 6.04. The van der Waals surface area contributed by atoms with Gasteiger partial charge in [-0.15, -0.1) is 0 Å². The van der Waals surface area contributed by atoms with Gasteiger partial charge in [-0.25, -0.2) is 4.68 Å². The van der Waals surface area contributed by atoms with E-state index in [0.717, 1.165) is 16.8 Å². The second-order valence-electron chi connectivity index (χ2n) is 7.58. The Morgan fingerprint density at radius 2 is 1.69 bits per heavy atom. The van der Waals surface area contributed by atoms with E-state index in [1.807, 2.05) is 60.1 Å². The fourth-order valence-corrected chi connectivity index (χ4v) is 2.77. The first-order valence-corrected chi connectivity index (χ1v) is 8.84. The molecule has 0 saturated heterocycles. The van der Waals surface area contributed by atoms with Crippen molar-refractivity contribution in [2.24, 2.45) is 0 Å². The van der Waals surface area contributed by atoms with Gasteiger partial charge in [-0.3, -0.25) is 4.79 Å². The van der Waals surface area contributed by atoms with Gasteiger partial charge < -0.3 is 5.32 Å². The van der Waals surface area contributed by atoms with Crippen LogP contribution in [0.15, 0.2) is 60.7 Å². The predicted molar refractivity (Wildman–Crippen MR) is 106 cm³/mol. The zero-order valence-corrected chi connectivity index (χ0v) is 15.8. The van der Waals surface area contributed by atoms with Gasteiger partial charge in [-0.1, -0.05) is 69.3 Å². The highest BCUT2D eigenvalue weighted by Gasteiger charge is 2.21. The summed E-state index contributed by atoms with van der Waals surface area (Å²) < 4.78 is 1.87. The average molecular weight is 347 g/mol. The van der Waals surface area contributed by atoms with Crippen LogP contribution in [-0.2, 0) is 12.0 Å². The summed E-state index contributed by atoms with van der Waals surface area (Å²) in [5, 5.41) is 7.79. The van der Waals surface area contributed by atoms with Crippen molar-refractivity contribution < 1.29 is 4.79 Å². The minimum atomic E-state index is -0.113. The lowest BCUT2D eigenvalue weighted by atomic mass is 9.92. The fourth-order valence-electron chi connectivity index (χ4n) is 2.77. The Bertz CT molecular complexity index is 905. The van der Waals surface area contributed by atoms with Crippen LogP contribution >= 0.6 is 0 Å². The summed E-state index contributed by atoms with van der Waals surface area (Å²) in [5.41, 5.74) is 3.63. The van der Waals surface area contributed by atoms with E-state index in [1.54, 1.807) is 0 Å². The number of anilines is 1. The van der Waals surface area contributed by atoms with Crippen molar-refractivity contribution in [3.63, 3.8) is 0 Å². The molecule has 0 aliphatic carbocycles. The van der Waals surface area contributed by atoms with Crippen LogP contribution in [0.4, 0.5) is 5.82 Å². The van der Waals surface area contributed by atoms with Crippen LogP contribution in [-0.4, -0.2) is 15.7 Å². The highest BCUT2D eigenvalue weighted by atomic mass is 16.1. The van der Waals surface area contributed by atoms with Crippen LogP contribution in [0, 0.1) is 6.92 Å². The lowest BCUT2D eigenvalue weighted by molar-refractivity contribution is 0.102. The van der Waals surface area contributed by atoms with Gasteiger partial charge in [0.25, 0.3) is 5.91 Å². The van der Waals surface area contributed by atoms with Crippen molar-refractivity contribution in [1.82, 2.24) is 9.78 Å². The van der Waals surface area contributed by atoms with Crippen LogP contribution in [0.1, 0.15) is 48.0 Å². The second-order valence-corrected chi connectivity index (χ2v) is 7.58. The summed E-state index contributed by atoms with van der Waals surface area (Å²) in [4.78, 5) is 12.7. The zero-order chi connectivity index (χ0) is 18.7. The van der Waals surface area contributed by atoms with Gasteiger partial charge in [0.05, 0.1) is 12.2 Å². The van der Waals surface area contributed by atoms with Crippen molar-refractivity contribution >= 4 is 11.7 Å². The summed E-state index contributed by atoms with van der Waals surface area (Å²) in [6.45, 7) is 8.91. The zero-order valence-electron chi connectivity index (χ0n) is 15.8. The van der Waals surface area contributed by atoms with Crippen LogP contribution in [0.3, 0.4) is 0 Å². The third-order valence-electron chi connectivity index (χ3n) is 4.35. The van der Waals surface area contributed by atoms with E-state index in [0.29, 0.717) is 17.9 Å². The molecule has 4 nitrogen and oxygen atoms in total. The molecule has 0 aliphatic rings. The summed E-state index contributed by atoms with van der Waals surface area (Å²) in [6.07, 6.45) is 0. The van der Waals surface area contributed by atoms with E-state index in [2.05, 4.69) is 38.2 Å². The normalized spacial score (nSPS) is 11.4. The van der Waals surface area contributed by atoms with Gasteiger partial charge in [0, 0.05) is 17.0 Å². The number of carbonyl (C=O) groups excluding carboxylic acids is 1. The number of carbonyl (C=O) groups is 1. The molecule has 134 valence electrons. The Hall–Kier alpha value is -2.88. The molecule has 1 N–H and O–H groups in total. The maximum atomic E-state index is 12.7. The Morgan fingerprint density at radius 3 is 2.35 bits per heavy atom. The van der Waals surface area contributed by atoms with E-state index in [1.165, 1.54) is 0 Å². The molecule has 3 aromatic rings. The molecule has 26 heavy (non-hydrogen) atoms. The maximum absolute atomic E-state index is 12.7. The van der Waals surface area contributed by atoms with E-state index in [4.69, 9.17) is 5.10 Å². The largest absolute Gasteiger partial charge is 0.307 e. The maximum Gasteiger partial charge on any atom is 0.257 e. The summed E-state index contributed by atoms with van der Waals surface area (Å²) in [7, 11) is 0. The molecular weight excluding hydrogens is 322 g/mol. The van der Waals surface area contributed by atoms with Crippen molar-refractivity contribution in [1.29, 1.82) is 0 Å². The molecule has 0 atom stereocenters. The summed E-state index contributed by atoms with van der Waals surface area (Å²) >= 11 is 0. The minimum absolute atomic E-state index is 0.0932. The van der Waals surface area contributed by atoms with Crippen molar-refractivity contribution in [2.75, 3.05) is 5.32 Å². The number of nitrogens with one attached hydrogen (secondary N) is 1. The first-order chi connectivity index (χ1) is 12.3. The van der Waals surface area contributed by atoms with Crippen molar-refractivity contribution in [3.8, 4) is 0 Å². The number of amides is 1. The SMILES string of the molecule is Cc1ccccc1C(=O)Nc1cc(C(C)(C)C)nn1Cc1ccccc1. The minimum Gasteiger partial charge on any atom is -0.307 e. The number of hydrogen-bond acceptors (Lipinski definition) is 2. The molecular formula is C22H25N3O. The first kappa shape index (κ1) is 17.9.